The Kier molecular flexibility index (Phi) is 6.59. The molecular formula is C14H24N2O3. The molecule has 0 atom stereocenters. The number of methoxy groups -OCH3 is 2. The van der Waals surface area contributed by atoms with Crippen LogP contribution in [0.25, 0.3) is 0 Å². The molecule has 0 unspecified atom stereocenters. The minimum Gasteiger partial charge on any atom is -0.475 e. The monoisotopic (exact) mass is 268 g/mol. The van der Waals surface area contributed by atoms with Gasteiger partial charge in [0.1, 0.15) is 6.61 Å². The summed E-state index contributed by atoms with van der Waals surface area (Å²) in [5.41, 5.74) is 0.870. The molecule has 0 aliphatic heterocycles. The molecule has 1 N–H and O–H groups in total. The van der Waals surface area contributed by atoms with Crippen molar-refractivity contribution in [2.45, 2.75) is 25.9 Å². The van der Waals surface area contributed by atoms with E-state index in [1.165, 1.54) is 0 Å². The van der Waals surface area contributed by atoms with Crippen molar-refractivity contribution < 1.29 is 14.2 Å². The number of ether oxygens (including phenoxy) is 3. The maximum Gasteiger partial charge on any atom is 0.213 e. The van der Waals surface area contributed by atoms with Gasteiger partial charge in [0.15, 0.2) is 0 Å². The molecule has 1 aromatic rings. The average molecular weight is 268 g/mol. The van der Waals surface area contributed by atoms with Crippen molar-refractivity contribution in [1.29, 1.82) is 0 Å². The molecule has 5 nitrogen and oxygen atoms in total. The Morgan fingerprint density at radius 2 is 2.00 bits per heavy atom. The zero-order chi connectivity index (χ0) is 14.1. The van der Waals surface area contributed by atoms with Crippen molar-refractivity contribution in [3.05, 3.63) is 18.3 Å². The highest BCUT2D eigenvalue weighted by Crippen LogP contribution is 2.15. The Labute approximate surface area is 115 Å². The molecule has 1 aromatic heterocycles. The normalized spacial score (nSPS) is 11.4. The standard InChI is InChI=1S/C14H24N2O3/c1-14(2,18-4)7-8-15-12-5-6-13(16-11-12)19-10-9-17-3/h5-6,11,15H,7-10H2,1-4H3. The molecule has 5 heteroatoms. The number of rotatable bonds is 9. The van der Waals surface area contributed by atoms with Gasteiger partial charge in [0.05, 0.1) is 24.1 Å². The molecule has 0 spiro atoms. The molecule has 0 aliphatic carbocycles. The van der Waals surface area contributed by atoms with Gasteiger partial charge in [-0.25, -0.2) is 4.98 Å². The molecule has 1 rings (SSSR count). The second-order valence-electron chi connectivity index (χ2n) is 4.87. The van der Waals surface area contributed by atoms with E-state index in [2.05, 4.69) is 24.1 Å². The summed E-state index contributed by atoms with van der Waals surface area (Å²) < 4.78 is 15.7. The van der Waals surface area contributed by atoms with Gasteiger partial charge in [-0.15, -0.1) is 0 Å². The van der Waals surface area contributed by atoms with E-state index in [1.54, 1.807) is 20.4 Å². The largest absolute Gasteiger partial charge is 0.475 e. The van der Waals surface area contributed by atoms with Crippen molar-refractivity contribution in [3.63, 3.8) is 0 Å². The van der Waals surface area contributed by atoms with E-state index < -0.39 is 0 Å². The Morgan fingerprint density at radius 1 is 1.21 bits per heavy atom. The van der Waals surface area contributed by atoms with Gasteiger partial charge in [-0.05, 0) is 26.3 Å². The fraction of sp³-hybridized carbons (Fsp3) is 0.643. The predicted molar refractivity (Wildman–Crippen MR) is 75.8 cm³/mol. The SMILES string of the molecule is COCCOc1ccc(NCCC(C)(C)OC)cn1. The lowest BCUT2D eigenvalue weighted by molar-refractivity contribution is 0.0185. The lowest BCUT2D eigenvalue weighted by atomic mass is 10.1. The molecule has 0 saturated heterocycles. The Morgan fingerprint density at radius 3 is 2.58 bits per heavy atom. The van der Waals surface area contributed by atoms with E-state index in [-0.39, 0.29) is 5.60 Å². The molecule has 19 heavy (non-hydrogen) atoms. The first-order chi connectivity index (χ1) is 9.07. The summed E-state index contributed by atoms with van der Waals surface area (Å²) in [5, 5.41) is 3.31. The smallest absolute Gasteiger partial charge is 0.213 e. The number of anilines is 1. The van der Waals surface area contributed by atoms with Crippen molar-refractivity contribution in [3.8, 4) is 5.88 Å². The number of nitrogens with one attached hydrogen (secondary N) is 1. The molecule has 0 aromatic carbocycles. The highest BCUT2D eigenvalue weighted by Gasteiger charge is 2.15. The maximum atomic E-state index is 5.39. The van der Waals surface area contributed by atoms with Crippen LogP contribution in [0.5, 0.6) is 5.88 Å². The summed E-state index contributed by atoms with van der Waals surface area (Å²) in [5.74, 6) is 0.611. The Hall–Kier alpha value is -1.33. The summed E-state index contributed by atoms with van der Waals surface area (Å²) >= 11 is 0. The van der Waals surface area contributed by atoms with Crippen molar-refractivity contribution >= 4 is 5.69 Å². The van der Waals surface area contributed by atoms with Crippen LogP contribution in [-0.2, 0) is 9.47 Å². The first-order valence-corrected chi connectivity index (χ1v) is 6.44. The van der Waals surface area contributed by atoms with Crippen LogP contribution in [-0.4, -0.2) is 44.6 Å². The van der Waals surface area contributed by atoms with Gasteiger partial charge in [-0.3, -0.25) is 0 Å². The van der Waals surface area contributed by atoms with Crippen LogP contribution in [0.1, 0.15) is 20.3 Å². The number of pyridine rings is 1. The third-order valence-electron chi connectivity index (χ3n) is 2.88. The van der Waals surface area contributed by atoms with E-state index in [0.29, 0.717) is 19.1 Å². The quantitative estimate of drug-likeness (QED) is 0.697. The maximum absolute atomic E-state index is 5.39. The molecule has 0 amide bonds. The minimum absolute atomic E-state index is 0.108. The van der Waals surface area contributed by atoms with Crippen molar-refractivity contribution in [1.82, 2.24) is 4.98 Å². The van der Waals surface area contributed by atoms with E-state index >= 15 is 0 Å². The van der Waals surface area contributed by atoms with Gasteiger partial charge in [0, 0.05) is 26.8 Å². The summed E-state index contributed by atoms with van der Waals surface area (Å²) in [6.45, 7) is 6.05. The van der Waals surface area contributed by atoms with Crippen molar-refractivity contribution in [2.24, 2.45) is 0 Å². The van der Waals surface area contributed by atoms with Gasteiger partial charge < -0.3 is 19.5 Å². The molecule has 108 valence electrons. The molecule has 0 radical (unpaired) electrons. The highest BCUT2D eigenvalue weighted by atomic mass is 16.5. The summed E-state index contributed by atoms with van der Waals surface area (Å²) in [6.07, 6.45) is 2.69. The first kappa shape index (κ1) is 15.7. The van der Waals surface area contributed by atoms with E-state index in [0.717, 1.165) is 18.7 Å². The predicted octanol–water partition coefficient (Wildman–Crippen LogP) is 2.33. The zero-order valence-electron chi connectivity index (χ0n) is 12.2. The van der Waals surface area contributed by atoms with Crippen LogP contribution in [0, 0.1) is 0 Å². The van der Waals surface area contributed by atoms with E-state index in [1.807, 2.05) is 12.1 Å². The fourth-order valence-electron chi connectivity index (χ4n) is 1.41. The van der Waals surface area contributed by atoms with Crippen LogP contribution in [0.4, 0.5) is 5.69 Å². The van der Waals surface area contributed by atoms with Gasteiger partial charge in [0.2, 0.25) is 5.88 Å². The first-order valence-electron chi connectivity index (χ1n) is 6.44. The molecular weight excluding hydrogens is 244 g/mol. The fourth-order valence-corrected chi connectivity index (χ4v) is 1.41. The second-order valence-corrected chi connectivity index (χ2v) is 4.87. The number of hydrogen-bond acceptors (Lipinski definition) is 5. The van der Waals surface area contributed by atoms with Gasteiger partial charge >= 0.3 is 0 Å². The number of hydrogen-bond donors (Lipinski definition) is 1. The number of nitrogens with zero attached hydrogens (tertiary/aromatic N) is 1. The molecule has 0 saturated carbocycles. The van der Waals surface area contributed by atoms with Crippen LogP contribution in [0.15, 0.2) is 18.3 Å². The third kappa shape index (κ3) is 6.40. The van der Waals surface area contributed by atoms with Crippen LogP contribution in [0.2, 0.25) is 0 Å². The highest BCUT2D eigenvalue weighted by molar-refractivity contribution is 5.41. The second kappa shape index (κ2) is 7.96. The topological polar surface area (TPSA) is 52.6 Å². The lowest BCUT2D eigenvalue weighted by Gasteiger charge is -2.23. The minimum atomic E-state index is -0.108. The van der Waals surface area contributed by atoms with Crippen molar-refractivity contribution in [2.75, 3.05) is 39.3 Å². The van der Waals surface area contributed by atoms with E-state index in [9.17, 15) is 0 Å². The molecule has 0 bridgehead atoms. The van der Waals surface area contributed by atoms with Crippen LogP contribution >= 0.6 is 0 Å². The average Bonchev–Trinajstić information content (AvgIpc) is 2.41. The Bertz CT molecular complexity index is 352. The van der Waals surface area contributed by atoms with E-state index in [4.69, 9.17) is 14.2 Å². The summed E-state index contributed by atoms with van der Waals surface area (Å²) in [4.78, 5) is 4.21. The summed E-state index contributed by atoms with van der Waals surface area (Å²) in [7, 11) is 3.37. The zero-order valence-corrected chi connectivity index (χ0v) is 12.2. The van der Waals surface area contributed by atoms with Gasteiger partial charge in [-0.2, -0.15) is 0 Å². The molecule has 0 aliphatic rings. The molecule has 0 fully saturated rings. The summed E-state index contributed by atoms with van der Waals surface area (Å²) in [6, 6.07) is 3.80. The van der Waals surface area contributed by atoms with Crippen LogP contribution < -0.4 is 10.1 Å². The van der Waals surface area contributed by atoms with Crippen LogP contribution in [0.3, 0.4) is 0 Å². The Balaban J connectivity index is 2.32. The van der Waals surface area contributed by atoms with Gasteiger partial charge in [-0.1, -0.05) is 0 Å². The number of aromatic nitrogens is 1. The third-order valence-corrected chi connectivity index (χ3v) is 2.88. The lowest BCUT2D eigenvalue weighted by Crippen LogP contribution is -2.25. The molecule has 1 heterocycles. The van der Waals surface area contributed by atoms with Gasteiger partial charge in [0.25, 0.3) is 0 Å².